The summed E-state index contributed by atoms with van der Waals surface area (Å²) in [4.78, 5) is 26.3. The third-order valence-electron chi connectivity index (χ3n) is 5.52. The van der Waals surface area contributed by atoms with Gasteiger partial charge >= 0.3 is 12.0 Å². The Hall–Kier alpha value is -3.22. The molecule has 1 N–H and O–H groups in total. The summed E-state index contributed by atoms with van der Waals surface area (Å²) >= 11 is 12.8. The van der Waals surface area contributed by atoms with Crippen LogP contribution in [0.3, 0.4) is 0 Å². The lowest BCUT2D eigenvalue weighted by Gasteiger charge is -2.39. The second-order valence-corrected chi connectivity index (χ2v) is 8.54. The Kier molecular flexibility index (Phi) is 7.06. The molecule has 0 radical (unpaired) electrons. The van der Waals surface area contributed by atoms with Gasteiger partial charge in [0.25, 0.3) is 0 Å². The molecule has 0 fully saturated rings. The first-order valence-corrected chi connectivity index (χ1v) is 11.2. The summed E-state index contributed by atoms with van der Waals surface area (Å²) in [7, 11) is 0. The van der Waals surface area contributed by atoms with E-state index in [9.17, 15) is 9.59 Å². The molecule has 1 heterocycles. The fourth-order valence-corrected chi connectivity index (χ4v) is 4.48. The number of carboxylic acid groups (broad SMARTS) is 1. The minimum Gasteiger partial charge on any atom is -0.482 e. The highest BCUT2D eigenvalue weighted by Crippen LogP contribution is 2.41. The first-order valence-electron chi connectivity index (χ1n) is 10.4. The van der Waals surface area contributed by atoms with Crippen LogP contribution in [0.5, 0.6) is 5.75 Å². The topological polar surface area (TPSA) is 70.1 Å². The molecule has 2 amide bonds. The molecule has 1 aliphatic heterocycles. The van der Waals surface area contributed by atoms with Gasteiger partial charge in [-0.15, -0.1) is 0 Å². The van der Waals surface area contributed by atoms with Crippen molar-refractivity contribution in [3.8, 4) is 5.75 Å². The summed E-state index contributed by atoms with van der Waals surface area (Å²) < 4.78 is 6.73. The van der Waals surface area contributed by atoms with Crippen molar-refractivity contribution in [3.05, 3.63) is 100 Å². The standard InChI is InChI=1S/C25H22Cl2N2O4/c26-19-10-11-22(33-16-23(30)31)21(14-19)24-20-9-5-4-8-18(20)12-13-28(24)25(32)29(27)15-17-6-2-1-3-7-17/h1-11,14,24H,12-13,15-16H2,(H,30,31). The number of carbonyl (C=O) groups is 2. The van der Waals surface area contributed by atoms with E-state index >= 15 is 0 Å². The number of carbonyl (C=O) groups excluding carboxylic acids is 1. The Morgan fingerprint density at radius 1 is 1.03 bits per heavy atom. The van der Waals surface area contributed by atoms with E-state index in [4.69, 9.17) is 33.2 Å². The van der Waals surface area contributed by atoms with Crippen LogP contribution < -0.4 is 4.74 Å². The third kappa shape index (κ3) is 5.24. The molecule has 3 aromatic carbocycles. The molecule has 8 heteroatoms. The first-order chi connectivity index (χ1) is 15.9. The lowest BCUT2D eigenvalue weighted by molar-refractivity contribution is -0.139. The second-order valence-electron chi connectivity index (χ2n) is 7.70. The third-order valence-corrected chi connectivity index (χ3v) is 6.02. The van der Waals surface area contributed by atoms with E-state index in [-0.39, 0.29) is 12.6 Å². The normalized spacial score (nSPS) is 15.0. The zero-order valence-electron chi connectivity index (χ0n) is 17.7. The number of rotatable bonds is 6. The first kappa shape index (κ1) is 23.0. The highest BCUT2D eigenvalue weighted by atomic mass is 35.5. The van der Waals surface area contributed by atoms with Crippen LogP contribution in [0.2, 0.25) is 5.02 Å². The van der Waals surface area contributed by atoms with Gasteiger partial charge in [0.2, 0.25) is 0 Å². The highest BCUT2D eigenvalue weighted by Gasteiger charge is 2.36. The van der Waals surface area contributed by atoms with Crippen molar-refractivity contribution in [1.82, 2.24) is 9.32 Å². The zero-order valence-corrected chi connectivity index (χ0v) is 19.2. The molecular weight excluding hydrogens is 463 g/mol. The van der Waals surface area contributed by atoms with Crippen LogP contribution in [0.4, 0.5) is 4.79 Å². The molecule has 0 saturated carbocycles. The van der Waals surface area contributed by atoms with E-state index in [0.717, 1.165) is 16.7 Å². The number of benzene rings is 3. The van der Waals surface area contributed by atoms with E-state index in [1.54, 1.807) is 23.1 Å². The monoisotopic (exact) mass is 484 g/mol. The minimum atomic E-state index is -1.09. The zero-order chi connectivity index (χ0) is 23.4. The molecule has 170 valence electrons. The average Bonchev–Trinajstić information content (AvgIpc) is 2.82. The van der Waals surface area contributed by atoms with Gasteiger partial charge in [0.1, 0.15) is 5.75 Å². The predicted octanol–water partition coefficient (Wildman–Crippen LogP) is 5.53. The van der Waals surface area contributed by atoms with Gasteiger partial charge in [0.15, 0.2) is 6.61 Å². The van der Waals surface area contributed by atoms with E-state index in [1.807, 2.05) is 54.6 Å². The molecule has 3 aromatic rings. The molecule has 6 nitrogen and oxygen atoms in total. The predicted molar refractivity (Wildman–Crippen MR) is 127 cm³/mol. The summed E-state index contributed by atoms with van der Waals surface area (Å²) in [5.41, 5.74) is 3.53. The fourth-order valence-electron chi connectivity index (χ4n) is 4.06. The maximum Gasteiger partial charge on any atom is 0.341 e. The van der Waals surface area contributed by atoms with Gasteiger partial charge in [-0.05, 0) is 41.3 Å². The van der Waals surface area contributed by atoms with Crippen molar-refractivity contribution in [2.24, 2.45) is 0 Å². The van der Waals surface area contributed by atoms with Crippen molar-refractivity contribution in [2.75, 3.05) is 13.2 Å². The number of hydrogen-bond donors (Lipinski definition) is 1. The van der Waals surface area contributed by atoms with Gasteiger partial charge in [0, 0.05) is 28.9 Å². The summed E-state index contributed by atoms with van der Waals surface area (Å²) in [5.74, 6) is -0.742. The molecule has 0 saturated heterocycles. The molecule has 0 bridgehead atoms. The molecule has 0 aliphatic carbocycles. The highest BCUT2D eigenvalue weighted by molar-refractivity contribution is 6.30. The van der Waals surface area contributed by atoms with E-state index < -0.39 is 18.6 Å². The van der Waals surface area contributed by atoms with E-state index in [0.29, 0.717) is 29.3 Å². The number of amides is 2. The number of nitrogens with zero attached hydrogens (tertiary/aromatic N) is 2. The van der Waals surface area contributed by atoms with Gasteiger partial charge < -0.3 is 14.7 Å². The summed E-state index contributed by atoms with van der Waals surface area (Å²) in [6.07, 6.45) is 0.667. The van der Waals surface area contributed by atoms with Crippen LogP contribution in [-0.4, -0.2) is 39.6 Å². The summed E-state index contributed by atoms with van der Waals surface area (Å²) in [6, 6.07) is 21.4. The molecule has 0 aromatic heterocycles. The molecular formula is C25H22Cl2N2O4. The Morgan fingerprint density at radius 3 is 2.52 bits per heavy atom. The number of fused-ring (bicyclic) bond motifs is 1. The summed E-state index contributed by atoms with van der Waals surface area (Å²) in [5, 5.41) is 9.56. The van der Waals surface area contributed by atoms with Gasteiger partial charge in [-0.1, -0.05) is 66.2 Å². The SMILES string of the molecule is O=C(O)COc1ccc(Cl)cc1C1c2ccccc2CCN1C(=O)N(Cl)Cc1ccccc1. The van der Waals surface area contributed by atoms with Crippen molar-refractivity contribution in [3.63, 3.8) is 0 Å². The number of carboxylic acids is 1. The van der Waals surface area contributed by atoms with Gasteiger partial charge in [-0.3, -0.25) is 0 Å². The van der Waals surface area contributed by atoms with Gasteiger partial charge in [0.05, 0.1) is 12.6 Å². The largest absolute Gasteiger partial charge is 0.482 e. The Labute approximate surface area is 202 Å². The van der Waals surface area contributed by atoms with Crippen LogP contribution in [-0.2, 0) is 17.8 Å². The van der Waals surface area contributed by atoms with Crippen molar-refractivity contribution in [2.45, 2.75) is 19.0 Å². The van der Waals surface area contributed by atoms with E-state index in [1.165, 1.54) is 4.42 Å². The maximum atomic E-state index is 13.5. The van der Waals surface area contributed by atoms with Crippen molar-refractivity contribution >= 4 is 35.4 Å². The molecule has 1 atom stereocenters. The smallest absolute Gasteiger partial charge is 0.341 e. The Morgan fingerprint density at radius 2 is 1.76 bits per heavy atom. The molecule has 4 rings (SSSR count). The van der Waals surface area contributed by atoms with Crippen LogP contribution >= 0.6 is 23.4 Å². The summed E-state index contributed by atoms with van der Waals surface area (Å²) in [6.45, 7) is 0.167. The Balaban J connectivity index is 1.73. The van der Waals surface area contributed by atoms with Crippen LogP contribution in [0.15, 0.2) is 72.8 Å². The minimum absolute atomic E-state index is 0.240. The number of ether oxygens (including phenoxy) is 1. The number of urea groups is 1. The quantitative estimate of drug-likeness (QED) is 0.467. The fraction of sp³-hybridized carbons (Fsp3) is 0.200. The number of aliphatic carboxylic acids is 1. The lowest BCUT2D eigenvalue weighted by atomic mass is 9.88. The van der Waals surface area contributed by atoms with Gasteiger partial charge in [-0.2, -0.15) is 0 Å². The van der Waals surface area contributed by atoms with Crippen LogP contribution in [0.1, 0.15) is 28.3 Å². The number of hydrogen-bond acceptors (Lipinski definition) is 3. The van der Waals surface area contributed by atoms with Crippen molar-refractivity contribution < 1.29 is 19.4 Å². The second kappa shape index (κ2) is 10.1. The molecule has 1 unspecified atom stereocenters. The van der Waals surface area contributed by atoms with Gasteiger partial charge in [-0.25, -0.2) is 14.0 Å². The van der Waals surface area contributed by atoms with Crippen LogP contribution in [0.25, 0.3) is 0 Å². The lowest BCUT2D eigenvalue weighted by Crippen LogP contribution is -2.45. The molecule has 1 aliphatic rings. The maximum absolute atomic E-state index is 13.5. The molecule has 0 spiro atoms. The van der Waals surface area contributed by atoms with E-state index in [2.05, 4.69) is 0 Å². The number of halogens is 2. The van der Waals surface area contributed by atoms with Crippen LogP contribution in [0, 0.1) is 0 Å². The Bertz CT molecular complexity index is 1160. The average molecular weight is 485 g/mol. The van der Waals surface area contributed by atoms with Crippen molar-refractivity contribution in [1.29, 1.82) is 0 Å². The molecule has 33 heavy (non-hydrogen) atoms.